The fraction of sp³-hybridized carbons (Fsp3) is 0.412. The molecule has 0 aliphatic carbocycles. The Labute approximate surface area is 139 Å². The SMILES string of the molecule is CCOc1c(Br)cc(/C=C(\C#N)C(=O)C(C)(C)C)cc1OC. The maximum atomic E-state index is 12.3. The monoisotopic (exact) mass is 365 g/mol. The van der Waals surface area contributed by atoms with Crippen LogP contribution in [0.25, 0.3) is 6.08 Å². The minimum absolute atomic E-state index is 0.116. The molecule has 0 atom stereocenters. The molecule has 0 N–H and O–H groups in total. The number of ether oxygens (including phenoxy) is 2. The molecule has 0 radical (unpaired) electrons. The molecule has 4 nitrogen and oxygen atoms in total. The van der Waals surface area contributed by atoms with E-state index >= 15 is 0 Å². The van der Waals surface area contributed by atoms with Crippen molar-refractivity contribution in [1.29, 1.82) is 5.26 Å². The van der Waals surface area contributed by atoms with Crippen molar-refractivity contribution in [3.8, 4) is 17.6 Å². The van der Waals surface area contributed by atoms with E-state index < -0.39 is 5.41 Å². The van der Waals surface area contributed by atoms with Crippen molar-refractivity contribution in [2.45, 2.75) is 27.7 Å². The lowest BCUT2D eigenvalue weighted by atomic mass is 9.86. The van der Waals surface area contributed by atoms with Crippen molar-refractivity contribution >= 4 is 27.8 Å². The highest BCUT2D eigenvalue weighted by molar-refractivity contribution is 9.10. The zero-order valence-corrected chi connectivity index (χ0v) is 15.1. The Hall–Kier alpha value is -1.80. The molecular formula is C17H20BrNO3. The van der Waals surface area contributed by atoms with Crippen LogP contribution in [0.3, 0.4) is 0 Å². The highest BCUT2D eigenvalue weighted by Crippen LogP contribution is 2.37. The third-order valence-electron chi connectivity index (χ3n) is 2.90. The van der Waals surface area contributed by atoms with Gasteiger partial charge in [0.05, 0.1) is 23.8 Å². The highest BCUT2D eigenvalue weighted by atomic mass is 79.9. The second-order valence-corrected chi connectivity index (χ2v) is 6.57. The minimum Gasteiger partial charge on any atom is -0.493 e. The zero-order valence-electron chi connectivity index (χ0n) is 13.5. The van der Waals surface area contributed by atoms with Crippen LogP contribution in [0.5, 0.6) is 11.5 Å². The lowest BCUT2D eigenvalue weighted by Gasteiger charge is -2.16. The molecule has 0 heterocycles. The van der Waals surface area contributed by atoms with Crippen LogP contribution in [0.1, 0.15) is 33.3 Å². The van der Waals surface area contributed by atoms with E-state index in [1.54, 1.807) is 46.1 Å². The first-order valence-electron chi connectivity index (χ1n) is 6.91. The number of Topliss-reactive ketones (excluding diaryl/α,β-unsaturated/α-hetero) is 1. The largest absolute Gasteiger partial charge is 0.493 e. The summed E-state index contributed by atoms with van der Waals surface area (Å²) in [6.45, 7) is 7.76. The number of carbonyl (C=O) groups is 1. The Morgan fingerprint density at radius 2 is 2.05 bits per heavy atom. The lowest BCUT2D eigenvalue weighted by Crippen LogP contribution is -2.21. The standard InChI is InChI=1S/C17H20BrNO3/c1-6-22-15-13(18)8-11(9-14(15)21-5)7-12(10-19)16(20)17(2,3)4/h7-9H,6H2,1-5H3/b12-7+. The van der Waals surface area contributed by atoms with Gasteiger partial charge in [-0.2, -0.15) is 5.26 Å². The summed E-state index contributed by atoms with van der Waals surface area (Å²) in [5.41, 5.74) is 0.209. The number of ketones is 1. The van der Waals surface area contributed by atoms with Crippen LogP contribution in [0.15, 0.2) is 22.2 Å². The van der Waals surface area contributed by atoms with E-state index in [1.165, 1.54) is 0 Å². The summed E-state index contributed by atoms with van der Waals surface area (Å²) < 4.78 is 11.5. The predicted molar refractivity (Wildman–Crippen MR) is 89.9 cm³/mol. The zero-order chi connectivity index (χ0) is 16.9. The first kappa shape index (κ1) is 18.2. The Morgan fingerprint density at radius 1 is 1.41 bits per heavy atom. The maximum absolute atomic E-state index is 12.3. The van der Waals surface area contributed by atoms with Gasteiger partial charge in [0.15, 0.2) is 17.3 Å². The van der Waals surface area contributed by atoms with E-state index in [9.17, 15) is 10.1 Å². The molecule has 1 rings (SSSR count). The Bertz CT molecular complexity index is 637. The first-order valence-corrected chi connectivity index (χ1v) is 7.70. The average molecular weight is 366 g/mol. The molecule has 1 aromatic carbocycles. The molecule has 0 aromatic heterocycles. The van der Waals surface area contributed by atoms with Crippen LogP contribution in [-0.4, -0.2) is 19.5 Å². The molecule has 0 unspecified atom stereocenters. The highest BCUT2D eigenvalue weighted by Gasteiger charge is 2.25. The minimum atomic E-state index is -0.603. The van der Waals surface area contributed by atoms with Gasteiger partial charge >= 0.3 is 0 Å². The average Bonchev–Trinajstić information content (AvgIpc) is 2.45. The number of methoxy groups -OCH3 is 1. The van der Waals surface area contributed by atoms with Gasteiger partial charge in [0.1, 0.15) is 6.07 Å². The fourth-order valence-electron chi connectivity index (χ4n) is 1.83. The molecule has 0 aliphatic heterocycles. The molecule has 0 aliphatic rings. The Kier molecular flexibility index (Phi) is 6.19. The number of hydrogen-bond acceptors (Lipinski definition) is 4. The number of allylic oxidation sites excluding steroid dienone is 1. The van der Waals surface area contributed by atoms with Gasteiger partial charge in [-0.1, -0.05) is 20.8 Å². The Morgan fingerprint density at radius 3 is 2.50 bits per heavy atom. The summed E-state index contributed by atoms with van der Waals surface area (Å²) in [6.07, 6.45) is 1.57. The Balaban J connectivity index is 3.33. The summed E-state index contributed by atoms with van der Waals surface area (Å²) in [5.74, 6) is 0.949. The van der Waals surface area contributed by atoms with E-state index in [0.29, 0.717) is 28.1 Å². The van der Waals surface area contributed by atoms with Crippen LogP contribution >= 0.6 is 15.9 Å². The lowest BCUT2D eigenvalue weighted by molar-refractivity contribution is -0.121. The van der Waals surface area contributed by atoms with Gasteiger partial charge in [-0.15, -0.1) is 0 Å². The molecular weight excluding hydrogens is 346 g/mol. The third-order valence-corrected chi connectivity index (χ3v) is 3.49. The molecule has 22 heavy (non-hydrogen) atoms. The van der Waals surface area contributed by atoms with Crippen LogP contribution < -0.4 is 9.47 Å². The van der Waals surface area contributed by atoms with Gasteiger partial charge in [0.2, 0.25) is 0 Å². The van der Waals surface area contributed by atoms with Crippen LogP contribution in [-0.2, 0) is 4.79 Å². The second kappa shape index (κ2) is 7.46. The third kappa shape index (κ3) is 4.35. The van der Waals surface area contributed by atoms with Crippen molar-refractivity contribution in [3.05, 3.63) is 27.7 Å². The number of nitriles is 1. The van der Waals surface area contributed by atoms with E-state index in [-0.39, 0.29) is 11.4 Å². The van der Waals surface area contributed by atoms with Crippen molar-refractivity contribution in [2.75, 3.05) is 13.7 Å². The van der Waals surface area contributed by atoms with Crippen LogP contribution in [0.2, 0.25) is 0 Å². The molecule has 0 bridgehead atoms. The van der Waals surface area contributed by atoms with Gasteiger partial charge < -0.3 is 9.47 Å². The maximum Gasteiger partial charge on any atom is 0.178 e. The number of rotatable bonds is 5. The van der Waals surface area contributed by atoms with E-state index in [1.807, 2.05) is 13.0 Å². The predicted octanol–water partition coefficient (Wildman–Crippen LogP) is 4.38. The summed E-state index contributed by atoms with van der Waals surface area (Å²) in [5, 5.41) is 9.25. The number of carbonyl (C=O) groups excluding carboxylic acids is 1. The number of halogens is 1. The second-order valence-electron chi connectivity index (χ2n) is 5.72. The molecule has 118 valence electrons. The summed E-state index contributed by atoms with van der Waals surface area (Å²) in [7, 11) is 1.54. The fourth-order valence-corrected chi connectivity index (χ4v) is 2.40. The molecule has 0 fully saturated rings. The number of benzene rings is 1. The molecule has 0 spiro atoms. The number of hydrogen-bond donors (Lipinski definition) is 0. The summed E-state index contributed by atoms with van der Waals surface area (Å²) in [4.78, 5) is 12.3. The summed E-state index contributed by atoms with van der Waals surface area (Å²) >= 11 is 3.43. The van der Waals surface area contributed by atoms with Gasteiger partial charge in [-0.25, -0.2) is 0 Å². The van der Waals surface area contributed by atoms with Gasteiger partial charge in [-0.3, -0.25) is 4.79 Å². The van der Waals surface area contributed by atoms with E-state index in [2.05, 4.69) is 15.9 Å². The van der Waals surface area contributed by atoms with Crippen molar-refractivity contribution in [1.82, 2.24) is 0 Å². The molecule has 0 saturated carbocycles. The first-order chi connectivity index (χ1) is 10.2. The molecule has 5 heteroatoms. The summed E-state index contributed by atoms with van der Waals surface area (Å²) in [6, 6.07) is 5.51. The van der Waals surface area contributed by atoms with Gasteiger partial charge in [-0.05, 0) is 46.6 Å². The van der Waals surface area contributed by atoms with Gasteiger partial charge in [0.25, 0.3) is 0 Å². The normalized spacial score (nSPS) is 11.8. The molecule has 0 amide bonds. The van der Waals surface area contributed by atoms with Crippen molar-refractivity contribution < 1.29 is 14.3 Å². The van der Waals surface area contributed by atoms with Crippen LogP contribution in [0, 0.1) is 16.7 Å². The smallest absolute Gasteiger partial charge is 0.178 e. The molecule has 1 aromatic rings. The van der Waals surface area contributed by atoms with E-state index in [0.717, 1.165) is 0 Å². The quantitative estimate of drug-likeness (QED) is 0.573. The topological polar surface area (TPSA) is 59.3 Å². The van der Waals surface area contributed by atoms with Crippen LogP contribution in [0.4, 0.5) is 0 Å². The van der Waals surface area contributed by atoms with Crippen molar-refractivity contribution in [2.24, 2.45) is 5.41 Å². The number of nitrogens with zero attached hydrogens (tertiary/aromatic N) is 1. The van der Waals surface area contributed by atoms with E-state index in [4.69, 9.17) is 9.47 Å². The van der Waals surface area contributed by atoms with Crippen molar-refractivity contribution in [3.63, 3.8) is 0 Å². The molecule has 0 saturated heterocycles. The van der Waals surface area contributed by atoms with Gasteiger partial charge in [0, 0.05) is 5.41 Å².